The second-order valence-electron chi connectivity index (χ2n) is 6.26. The topological polar surface area (TPSA) is 37.9 Å². The van der Waals surface area contributed by atoms with Crippen LogP contribution in [0.2, 0.25) is 0 Å². The van der Waals surface area contributed by atoms with Gasteiger partial charge in [-0.25, -0.2) is 4.98 Å². The van der Waals surface area contributed by atoms with Crippen LogP contribution in [-0.4, -0.2) is 16.6 Å². The first-order valence-electron chi connectivity index (χ1n) is 7.21. The van der Waals surface area contributed by atoms with Gasteiger partial charge in [-0.1, -0.05) is 20.8 Å². The van der Waals surface area contributed by atoms with Crippen LogP contribution in [0.1, 0.15) is 47.3 Å². The Hall–Kier alpha value is -1.51. The molecule has 0 aliphatic heterocycles. The number of aromatic amines is 1. The summed E-state index contributed by atoms with van der Waals surface area (Å²) in [5.74, 6) is 2.79. The third kappa shape index (κ3) is 2.60. The van der Waals surface area contributed by atoms with Gasteiger partial charge in [0.2, 0.25) is 0 Å². The van der Waals surface area contributed by atoms with Crippen molar-refractivity contribution in [2.24, 2.45) is 5.92 Å². The van der Waals surface area contributed by atoms with Crippen LogP contribution in [-0.2, 0) is 5.41 Å². The molecule has 0 radical (unpaired) electrons. The number of nitrogens with one attached hydrogen (secondary N) is 1. The summed E-state index contributed by atoms with van der Waals surface area (Å²) in [6, 6.07) is 6.14. The number of hydrogen-bond acceptors (Lipinski definition) is 2. The highest BCUT2D eigenvalue weighted by molar-refractivity contribution is 5.77. The Balaban J connectivity index is 0.00000147. The molecular formula is C16H24N2O. The van der Waals surface area contributed by atoms with Crippen LogP contribution in [0, 0.1) is 5.92 Å². The van der Waals surface area contributed by atoms with Crippen molar-refractivity contribution >= 4 is 11.0 Å². The van der Waals surface area contributed by atoms with Crippen LogP contribution in [0.5, 0.6) is 5.75 Å². The lowest BCUT2D eigenvalue weighted by atomic mass is 9.90. The summed E-state index contributed by atoms with van der Waals surface area (Å²) in [5, 5.41) is 0. The lowest BCUT2D eigenvalue weighted by Gasteiger charge is -2.18. The highest BCUT2D eigenvalue weighted by Gasteiger charge is 2.23. The van der Waals surface area contributed by atoms with E-state index in [1.54, 1.807) is 0 Å². The molecule has 1 saturated carbocycles. The molecule has 3 rings (SSSR count). The van der Waals surface area contributed by atoms with Gasteiger partial charge in [-0.3, -0.25) is 0 Å². The number of hydrogen-bond donors (Lipinski definition) is 1. The van der Waals surface area contributed by atoms with Crippen LogP contribution >= 0.6 is 0 Å². The van der Waals surface area contributed by atoms with Crippen molar-refractivity contribution in [3.63, 3.8) is 0 Å². The first kappa shape index (κ1) is 12.5. The van der Waals surface area contributed by atoms with Crippen LogP contribution in [0.25, 0.3) is 11.0 Å². The molecule has 2 aromatic rings. The van der Waals surface area contributed by atoms with Gasteiger partial charge in [-0.05, 0) is 37.3 Å². The molecule has 104 valence electrons. The molecule has 1 heterocycles. The molecule has 1 aliphatic rings. The Labute approximate surface area is 115 Å². The number of ether oxygens (including phenoxy) is 1. The molecule has 3 heteroatoms. The van der Waals surface area contributed by atoms with Crippen LogP contribution in [0.3, 0.4) is 0 Å². The van der Waals surface area contributed by atoms with Crippen molar-refractivity contribution in [3.8, 4) is 5.75 Å². The summed E-state index contributed by atoms with van der Waals surface area (Å²) in [4.78, 5) is 8.13. The summed E-state index contributed by atoms with van der Waals surface area (Å²) in [6.45, 7) is 7.48. The van der Waals surface area contributed by atoms with Gasteiger partial charge in [0.15, 0.2) is 0 Å². The fraction of sp³-hybridized carbons (Fsp3) is 0.562. The Kier molecular flexibility index (Phi) is 3.00. The van der Waals surface area contributed by atoms with Gasteiger partial charge in [0.05, 0.1) is 17.6 Å². The second-order valence-corrected chi connectivity index (χ2v) is 6.26. The average Bonchev–Trinajstić information content (AvgIpc) is 3.13. The Morgan fingerprint density at radius 3 is 2.89 bits per heavy atom. The molecule has 0 spiro atoms. The van der Waals surface area contributed by atoms with E-state index in [0.29, 0.717) is 0 Å². The number of rotatable bonds is 5. The van der Waals surface area contributed by atoms with Crippen molar-refractivity contribution in [1.29, 1.82) is 0 Å². The van der Waals surface area contributed by atoms with Crippen LogP contribution < -0.4 is 4.74 Å². The Morgan fingerprint density at radius 2 is 2.21 bits per heavy atom. The zero-order valence-electron chi connectivity index (χ0n) is 12.0. The molecule has 1 fully saturated rings. The quantitative estimate of drug-likeness (QED) is 0.871. The van der Waals surface area contributed by atoms with Crippen molar-refractivity contribution in [2.75, 3.05) is 6.61 Å². The van der Waals surface area contributed by atoms with Crippen molar-refractivity contribution < 1.29 is 6.16 Å². The minimum absolute atomic E-state index is 0. The minimum atomic E-state index is 0. The summed E-state index contributed by atoms with van der Waals surface area (Å²) in [7, 11) is 0. The highest BCUT2D eigenvalue weighted by Crippen LogP contribution is 2.31. The number of imidazole rings is 1. The van der Waals surface area contributed by atoms with Gasteiger partial charge in [0.1, 0.15) is 11.6 Å². The minimum Gasteiger partial charge on any atom is -0.493 e. The third-order valence-corrected chi connectivity index (χ3v) is 4.16. The molecule has 0 amide bonds. The smallest absolute Gasteiger partial charge is 0.121 e. The van der Waals surface area contributed by atoms with E-state index in [-0.39, 0.29) is 6.84 Å². The van der Waals surface area contributed by atoms with E-state index in [0.717, 1.165) is 41.6 Å². The molecule has 1 aliphatic carbocycles. The van der Waals surface area contributed by atoms with E-state index in [9.17, 15) is 0 Å². The van der Waals surface area contributed by atoms with Crippen LogP contribution in [0.15, 0.2) is 18.2 Å². The molecule has 1 aromatic carbocycles. The van der Waals surface area contributed by atoms with E-state index in [1.165, 1.54) is 12.8 Å². The predicted octanol–water partition coefficient (Wildman–Crippen LogP) is 4.29. The monoisotopic (exact) mass is 260 g/mol. The first-order chi connectivity index (χ1) is 9.08. The maximum absolute atomic E-state index is 5.81. The average molecular weight is 260 g/mol. The molecule has 0 bridgehead atoms. The van der Waals surface area contributed by atoms with Crippen molar-refractivity contribution in [1.82, 2.24) is 9.97 Å². The zero-order chi connectivity index (χ0) is 13.5. The molecule has 19 heavy (non-hydrogen) atoms. The maximum Gasteiger partial charge on any atom is 0.121 e. The molecule has 0 saturated heterocycles. The van der Waals surface area contributed by atoms with Crippen LogP contribution in [0.4, 0.5) is 0 Å². The van der Waals surface area contributed by atoms with Gasteiger partial charge < -0.3 is 9.72 Å². The third-order valence-electron chi connectivity index (χ3n) is 4.16. The molecular weight excluding hydrogens is 236 g/mol. The predicted molar refractivity (Wildman–Crippen MR) is 79.7 cm³/mol. The Bertz CT molecular complexity index is 587. The number of benzene rings is 1. The van der Waals surface area contributed by atoms with E-state index in [4.69, 9.17) is 9.72 Å². The fourth-order valence-electron chi connectivity index (χ4n) is 2.07. The summed E-state index contributed by atoms with van der Waals surface area (Å²) >= 11 is 0. The number of aromatic nitrogens is 2. The first-order valence-corrected chi connectivity index (χ1v) is 7.21. The van der Waals surface area contributed by atoms with Gasteiger partial charge in [-0.2, -0.15) is 0 Å². The Morgan fingerprint density at radius 1 is 1.42 bits per heavy atom. The second kappa shape index (κ2) is 4.55. The largest absolute Gasteiger partial charge is 0.493 e. The molecule has 0 atom stereocenters. The zero-order valence-corrected chi connectivity index (χ0v) is 12.0. The summed E-state index contributed by atoms with van der Waals surface area (Å²) in [6.07, 6.45) is 3.71. The van der Waals surface area contributed by atoms with E-state index < -0.39 is 0 Å². The van der Waals surface area contributed by atoms with Gasteiger partial charge in [0, 0.05) is 12.9 Å². The van der Waals surface area contributed by atoms with Crippen molar-refractivity contribution in [2.45, 2.75) is 45.4 Å². The maximum atomic E-state index is 5.81. The van der Waals surface area contributed by atoms with Crippen molar-refractivity contribution in [3.05, 3.63) is 24.0 Å². The lowest BCUT2D eigenvalue weighted by molar-refractivity contribution is 0.300. The summed E-state index contributed by atoms with van der Waals surface area (Å²) in [5.41, 5.74) is 2.19. The molecule has 1 N–H and O–H groups in total. The highest BCUT2D eigenvalue weighted by atomic mass is 16.5. The molecule has 3 nitrogen and oxygen atoms in total. The van der Waals surface area contributed by atoms with E-state index in [1.807, 2.05) is 12.1 Å². The van der Waals surface area contributed by atoms with E-state index >= 15 is 0 Å². The molecule has 1 aromatic heterocycles. The normalized spacial score (nSPS) is 15.9. The standard InChI is InChI=1S/C16H22N2O.H2/c1-4-16(2,3)15-17-13-8-7-12(9-14(13)18-15)19-10-11-5-6-11;/h7-9,11H,4-6,10H2,1-3H3,(H,17,18);1H. The number of fused-ring (bicyclic) bond motifs is 1. The number of H-pyrrole nitrogens is 1. The summed E-state index contributed by atoms with van der Waals surface area (Å²) < 4.78 is 5.81. The van der Waals surface area contributed by atoms with Gasteiger partial charge >= 0.3 is 0 Å². The molecule has 0 unspecified atom stereocenters. The van der Waals surface area contributed by atoms with Gasteiger partial charge in [0.25, 0.3) is 0 Å². The SMILES string of the molecule is CCC(C)(C)c1nc2ccc(OCC3CC3)cc2[nH]1.[HH]. The van der Waals surface area contributed by atoms with Gasteiger partial charge in [-0.15, -0.1) is 0 Å². The lowest BCUT2D eigenvalue weighted by Crippen LogP contribution is -2.17. The van der Waals surface area contributed by atoms with E-state index in [2.05, 4.69) is 31.8 Å². The number of nitrogens with zero attached hydrogens (tertiary/aromatic N) is 1. The fourth-order valence-corrected chi connectivity index (χ4v) is 2.07.